The van der Waals surface area contributed by atoms with Crippen LogP contribution in [0.4, 0.5) is 8.78 Å². The molecule has 0 amide bonds. The van der Waals surface area contributed by atoms with Gasteiger partial charge in [0.05, 0.1) is 5.56 Å². The third-order valence-electron chi connectivity index (χ3n) is 3.18. The lowest BCUT2D eigenvalue weighted by molar-refractivity contribution is 0.104. The first-order valence-electron chi connectivity index (χ1n) is 6.76. The van der Waals surface area contributed by atoms with Crippen LogP contribution in [-0.2, 0) is 0 Å². The van der Waals surface area contributed by atoms with Crippen LogP contribution in [-0.4, -0.2) is 20.5 Å². The summed E-state index contributed by atoms with van der Waals surface area (Å²) in [6.07, 6.45) is 4.18. The van der Waals surface area contributed by atoms with Crippen molar-refractivity contribution in [3.05, 3.63) is 83.9 Å². The van der Waals surface area contributed by atoms with E-state index >= 15 is 0 Å². The van der Waals surface area contributed by atoms with Gasteiger partial charge < -0.3 is 0 Å². The molecule has 4 nitrogen and oxygen atoms in total. The molecule has 6 heteroatoms. The SMILES string of the molecule is O=C(C(=Cc1ccccc1)n1cncn1)c1ccc(F)cc1F. The van der Waals surface area contributed by atoms with E-state index in [1.54, 1.807) is 18.2 Å². The van der Waals surface area contributed by atoms with Gasteiger partial charge in [0.2, 0.25) is 5.78 Å². The van der Waals surface area contributed by atoms with E-state index in [1.165, 1.54) is 17.3 Å². The standard InChI is InChI=1S/C17H11F2N3O/c18-13-6-7-14(15(19)9-13)17(23)16(22-11-20-10-21-22)8-12-4-2-1-3-5-12/h1-11H. The van der Waals surface area contributed by atoms with Gasteiger partial charge in [0.25, 0.3) is 0 Å². The molecule has 1 heterocycles. The molecule has 0 aliphatic rings. The fraction of sp³-hybridized carbons (Fsp3) is 0. The summed E-state index contributed by atoms with van der Waals surface area (Å²) in [5, 5.41) is 3.93. The number of aromatic nitrogens is 3. The molecule has 0 aliphatic heterocycles. The molecule has 2 aromatic carbocycles. The van der Waals surface area contributed by atoms with E-state index in [0.29, 0.717) is 6.07 Å². The van der Waals surface area contributed by atoms with E-state index in [9.17, 15) is 13.6 Å². The van der Waals surface area contributed by atoms with Crippen LogP contribution in [0.5, 0.6) is 0 Å². The molecule has 0 unspecified atom stereocenters. The molecule has 0 aliphatic carbocycles. The van der Waals surface area contributed by atoms with Crippen molar-refractivity contribution < 1.29 is 13.6 Å². The first-order chi connectivity index (χ1) is 11.1. The van der Waals surface area contributed by atoms with Crippen molar-refractivity contribution in [2.24, 2.45) is 0 Å². The number of rotatable bonds is 4. The fourth-order valence-corrected chi connectivity index (χ4v) is 2.09. The number of hydrogen-bond acceptors (Lipinski definition) is 3. The molecule has 0 radical (unpaired) electrons. The van der Waals surface area contributed by atoms with Crippen molar-refractivity contribution in [2.45, 2.75) is 0 Å². The first-order valence-corrected chi connectivity index (χ1v) is 6.76. The molecule has 114 valence electrons. The van der Waals surface area contributed by atoms with Crippen LogP contribution in [0.2, 0.25) is 0 Å². The van der Waals surface area contributed by atoms with Crippen LogP contribution in [0.1, 0.15) is 15.9 Å². The predicted molar refractivity (Wildman–Crippen MR) is 81.3 cm³/mol. The van der Waals surface area contributed by atoms with E-state index < -0.39 is 17.4 Å². The summed E-state index contributed by atoms with van der Waals surface area (Å²) in [5.74, 6) is -2.28. The number of carbonyl (C=O) groups excluding carboxylic acids is 1. The second kappa shape index (κ2) is 6.31. The number of carbonyl (C=O) groups is 1. The summed E-state index contributed by atoms with van der Waals surface area (Å²) in [5.41, 5.74) is 0.622. The highest BCUT2D eigenvalue weighted by Gasteiger charge is 2.19. The minimum absolute atomic E-state index is 0.110. The molecule has 23 heavy (non-hydrogen) atoms. The monoisotopic (exact) mass is 311 g/mol. The van der Waals surface area contributed by atoms with Crippen molar-refractivity contribution in [3.63, 3.8) is 0 Å². The number of benzene rings is 2. The summed E-state index contributed by atoms with van der Waals surface area (Å²) in [4.78, 5) is 16.5. The van der Waals surface area contributed by atoms with Gasteiger partial charge in [0.15, 0.2) is 0 Å². The highest BCUT2D eigenvalue weighted by molar-refractivity contribution is 6.27. The summed E-state index contributed by atoms with van der Waals surface area (Å²) >= 11 is 0. The van der Waals surface area contributed by atoms with Gasteiger partial charge in [0.1, 0.15) is 30.0 Å². The van der Waals surface area contributed by atoms with Crippen LogP contribution in [0.25, 0.3) is 11.8 Å². The summed E-state index contributed by atoms with van der Waals surface area (Å²) in [6, 6.07) is 11.9. The van der Waals surface area contributed by atoms with Crippen LogP contribution in [0.15, 0.2) is 61.2 Å². The topological polar surface area (TPSA) is 47.8 Å². The van der Waals surface area contributed by atoms with Gasteiger partial charge in [-0.25, -0.2) is 18.4 Å². The van der Waals surface area contributed by atoms with Crippen LogP contribution in [0, 0.1) is 11.6 Å². The van der Waals surface area contributed by atoms with Gasteiger partial charge in [-0.05, 0) is 23.8 Å². The number of allylic oxidation sites excluding steroid dienone is 1. The number of nitrogens with zero attached hydrogens (tertiary/aromatic N) is 3. The maximum Gasteiger partial charge on any atom is 0.214 e. The number of Topliss-reactive ketones (excluding diaryl/α,β-unsaturated/α-hetero) is 1. The largest absolute Gasteiger partial charge is 0.287 e. The van der Waals surface area contributed by atoms with Gasteiger partial charge in [-0.3, -0.25) is 4.79 Å². The maximum absolute atomic E-state index is 13.9. The van der Waals surface area contributed by atoms with E-state index in [2.05, 4.69) is 10.1 Å². The van der Waals surface area contributed by atoms with Crippen molar-refractivity contribution >= 4 is 17.6 Å². The minimum atomic E-state index is -0.922. The van der Waals surface area contributed by atoms with Crippen LogP contribution < -0.4 is 0 Å². The van der Waals surface area contributed by atoms with Gasteiger partial charge in [-0.15, -0.1) is 0 Å². The van der Waals surface area contributed by atoms with Crippen molar-refractivity contribution in [1.29, 1.82) is 0 Å². The van der Waals surface area contributed by atoms with Gasteiger partial charge in [0, 0.05) is 6.07 Å². The Hall–Kier alpha value is -3.15. The van der Waals surface area contributed by atoms with E-state index in [-0.39, 0.29) is 11.3 Å². The third kappa shape index (κ3) is 3.21. The maximum atomic E-state index is 13.9. The lowest BCUT2D eigenvalue weighted by Gasteiger charge is -2.08. The lowest BCUT2D eigenvalue weighted by Crippen LogP contribution is -2.12. The van der Waals surface area contributed by atoms with Crippen LogP contribution >= 0.6 is 0 Å². The second-order valence-corrected chi connectivity index (χ2v) is 4.73. The molecular weight excluding hydrogens is 300 g/mol. The molecular formula is C17H11F2N3O. The highest BCUT2D eigenvalue weighted by atomic mass is 19.1. The average Bonchev–Trinajstić information content (AvgIpc) is 3.07. The van der Waals surface area contributed by atoms with Crippen LogP contribution in [0.3, 0.4) is 0 Å². The Bertz CT molecular complexity index is 859. The van der Waals surface area contributed by atoms with Crippen molar-refractivity contribution in [3.8, 4) is 0 Å². The molecule has 0 N–H and O–H groups in total. The Balaban J connectivity index is 2.09. The smallest absolute Gasteiger partial charge is 0.214 e. The second-order valence-electron chi connectivity index (χ2n) is 4.73. The molecule has 1 aromatic heterocycles. The lowest BCUT2D eigenvalue weighted by atomic mass is 10.1. The summed E-state index contributed by atoms with van der Waals surface area (Å²) in [6.45, 7) is 0. The molecule has 0 saturated heterocycles. The summed E-state index contributed by atoms with van der Waals surface area (Å²) < 4.78 is 28.2. The van der Waals surface area contributed by atoms with E-state index in [0.717, 1.165) is 17.7 Å². The normalized spacial score (nSPS) is 11.5. The molecule has 0 spiro atoms. The zero-order chi connectivity index (χ0) is 16.2. The molecule has 0 bridgehead atoms. The number of hydrogen-bond donors (Lipinski definition) is 0. The highest BCUT2D eigenvalue weighted by Crippen LogP contribution is 2.19. The Kier molecular flexibility index (Phi) is 4.05. The fourth-order valence-electron chi connectivity index (χ4n) is 2.09. The minimum Gasteiger partial charge on any atom is -0.287 e. The summed E-state index contributed by atoms with van der Waals surface area (Å²) in [7, 11) is 0. The molecule has 0 fully saturated rings. The molecule has 0 saturated carbocycles. The molecule has 0 atom stereocenters. The molecule has 3 rings (SSSR count). The predicted octanol–water partition coefficient (Wildman–Crippen LogP) is 3.44. The van der Waals surface area contributed by atoms with E-state index in [1.807, 2.05) is 18.2 Å². The quantitative estimate of drug-likeness (QED) is 0.548. The Morgan fingerprint density at radius 2 is 1.87 bits per heavy atom. The number of ketones is 1. The van der Waals surface area contributed by atoms with Crippen molar-refractivity contribution in [1.82, 2.24) is 14.8 Å². The van der Waals surface area contributed by atoms with Crippen molar-refractivity contribution in [2.75, 3.05) is 0 Å². The Morgan fingerprint density at radius 1 is 1.09 bits per heavy atom. The van der Waals surface area contributed by atoms with E-state index in [4.69, 9.17) is 0 Å². The van der Waals surface area contributed by atoms with Gasteiger partial charge in [-0.2, -0.15) is 5.10 Å². The zero-order valence-corrected chi connectivity index (χ0v) is 11.9. The average molecular weight is 311 g/mol. The first kappa shape index (κ1) is 14.8. The Morgan fingerprint density at radius 3 is 2.52 bits per heavy atom. The van der Waals surface area contributed by atoms with Gasteiger partial charge in [-0.1, -0.05) is 30.3 Å². The van der Waals surface area contributed by atoms with Gasteiger partial charge >= 0.3 is 0 Å². The zero-order valence-electron chi connectivity index (χ0n) is 11.9. The Labute approximate surface area is 130 Å². The molecule has 3 aromatic rings. The third-order valence-corrected chi connectivity index (χ3v) is 3.18. The number of halogens is 2.